The molecule has 156 valence electrons. The highest BCUT2D eigenvalue weighted by Crippen LogP contribution is 2.27. The summed E-state index contributed by atoms with van der Waals surface area (Å²) in [5.74, 6) is -0.0839. The third-order valence-electron chi connectivity index (χ3n) is 5.26. The smallest absolute Gasteiger partial charge is 0.230 e. The van der Waals surface area contributed by atoms with Crippen LogP contribution in [-0.4, -0.2) is 30.9 Å². The Morgan fingerprint density at radius 1 is 1.13 bits per heavy atom. The second kappa shape index (κ2) is 8.02. The molecule has 8 heteroatoms. The van der Waals surface area contributed by atoms with Gasteiger partial charge in [0.1, 0.15) is 5.01 Å². The number of benzene rings is 1. The molecule has 0 unspecified atom stereocenters. The van der Waals surface area contributed by atoms with Crippen LogP contribution in [0.1, 0.15) is 38.8 Å². The van der Waals surface area contributed by atoms with Gasteiger partial charge in [-0.3, -0.25) is 9.48 Å². The lowest BCUT2D eigenvalue weighted by molar-refractivity contribution is -0.115. The van der Waals surface area contributed by atoms with Crippen molar-refractivity contribution in [1.82, 2.24) is 25.0 Å². The van der Waals surface area contributed by atoms with Gasteiger partial charge in [-0.2, -0.15) is 5.10 Å². The van der Waals surface area contributed by atoms with Gasteiger partial charge in [-0.25, -0.2) is 0 Å². The Hall–Kier alpha value is -3.00. The second-order valence-electron chi connectivity index (χ2n) is 7.86. The van der Waals surface area contributed by atoms with Crippen LogP contribution in [0.2, 0.25) is 0 Å². The summed E-state index contributed by atoms with van der Waals surface area (Å²) in [6.45, 7) is 11.0. The first-order valence-corrected chi connectivity index (χ1v) is 10.8. The molecule has 30 heavy (non-hydrogen) atoms. The molecule has 0 aliphatic heterocycles. The van der Waals surface area contributed by atoms with E-state index in [-0.39, 0.29) is 5.91 Å². The Morgan fingerprint density at radius 3 is 2.67 bits per heavy atom. The average molecular weight is 423 g/mol. The molecule has 4 rings (SSSR count). The number of rotatable bonds is 6. The summed E-state index contributed by atoms with van der Waals surface area (Å²) in [5.41, 5.74) is 7.68. The maximum absolute atomic E-state index is 12.7. The SMILES string of the molecule is Cc1cc(C)c2[nH]c(C)c(CC(=O)Nc3nnc(CCn4nc(C)cc4C)s3)c2c1. The number of H-pyrrole nitrogens is 1. The van der Waals surface area contributed by atoms with E-state index in [1.807, 2.05) is 25.5 Å². The Morgan fingerprint density at radius 2 is 1.93 bits per heavy atom. The van der Waals surface area contributed by atoms with E-state index in [0.29, 0.717) is 11.6 Å². The number of nitrogens with one attached hydrogen (secondary N) is 2. The number of amides is 1. The van der Waals surface area contributed by atoms with Crippen molar-refractivity contribution in [2.24, 2.45) is 0 Å². The van der Waals surface area contributed by atoms with Gasteiger partial charge < -0.3 is 10.3 Å². The molecule has 0 saturated heterocycles. The van der Waals surface area contributed by atoms with E-state index in [1.54, 1.807) is 0 Å². The minimum absolute atomic E-state index is 0.0839. The molecule has 3 heterocycles. The summed E-state index contributed by atoms with van der Waals surface area (Å²) < 4.78 is 1.97. The molecule has 2 N–H and O–H groups in total. The molecule has 3 aromatic heterocycles. The zero-order valence-corrected chi connectivity index (χ0v) is 18.8. The zero-order valence-electron chi connectivity index (χ0n) is 18.0. The van der Waals surface area contributed by atoms with Gasteiger partial charge in [0, 0.05) is 35.3 Å². The molecule has 0 bridgehead atoms. The van der Waals surface area contributed by atoms with Gasteiger partial charge in [0.15, 0.2) is 0 Å². The molecule has 0 saturated carbocycles. The molecule has 0 aliphatic carbocycles. The van der Waals surface area contributed by atoms with Crippen LogP contribution in [0, 0.1) is 34.6 Å². The lowest BCUT2D eigenvalue weighted by Gasteiger charge is -2.04. The number of carbonyl (C=O) groups is 1. The fourth-order valence-corrected chi connectivity index (χ4v) is 4.64. The number of hydrogen-bond acceptors (Lipinski definition) is 5. The van der Waals surface area contributed by atoms with E-state index in [4.69, 9.17) is 0 Å². The van der Waals surface area contributed by atoms with Gasteiger partial charge in [-0.1, -0.05) is 23.0 Å². The van der Waals surface area contributed by atoms with Gasteiger partial charge in [0.05, 0.1) is 12.1 Å². The molecule has 0 radical (unpaired) electrons. The average Bonchev–Trinajstić information content (AvgIpc) is 3.33. The minimum atomic E-state index is -0.0839. The number of anilines is 1. The molecular weight excluding hydrogens is 396 g/mol. The number of aryl methyl sites for hydroxylation is 7. The van der Waals surface area contributed by atoms with Crippen LogP contribution in [0.25, 0.3) is 10.9 Å². The largest absolute Gasteiger partial charge is 0.358 e. The molecule has 0 spiro atoms. The number of carbonyl (C=O) groups excluding carboxylic acids is 1. The molecule has 4 aromatic rings. The second-order valence-corrected chi connectivity index (χ2v) is 8.92. The maximum atomic E-state index is 12.7. The van der Waals surface area contributed by atoms with Crippen molar-refractivity contribution in [2.45, 2.75) is 54.0 Å². The van der Waals surface area contributed by atoms with Crippen LogP contribution in [0.4, 0.5) is 5.13 Å². The van der Waals surface area contributed by atoms with Crippen LogP contribution in [0.15, 0.2) is 18.2 Å². The van der Waals surface area contributed by atoms with Gasteiger partial charge >= 0.3 is 0 Å². The number of aromatic amines is 1. The minimum Gasteiger partial charge on any atom is -0.358 e. The lowest BCUT2D eigenvalue weighted by atomic mass is 10.0. The first kappa shape index (κ1) is 20.3. The highest BCUT2D eigenvalue weighted by atomic mass is 32.1. The first-order valence-electron chi connectivity index (χ1n) is 10.0. The van der Waals surface area contributed by atoms with E-state index < -0.39 is 0 Å². The summed E-state index contributed by atoms with van der Waals surface area (Å²) in [7, 11) is 0. The van der Waals surface area contributed by atoms with E-state index in [1.165, 1.54) is 22.5 Å². The summed E-state index contributed by atoms with van der Waals surface area (Å²) >= 11 is 1.42. The predicted octanol–water partition coefficient (Wildman–Crippen LogP) is 4.18. The number of hydrogen-bond donors (Lipinski definition) is 2. The van der Waals surface area contributed by atoms with Crippen molar-refractivity contribution >= 4 is 33.3 Å². The summed E-state index contributed by atoms with van der Waals surface area (Å²) in [6.07, 6.45) is 1.03. The van der Waals surface area contributed by atoms with Crippen molar-refractivity contribution in [1.29, 1.82) is 0 Å². The molecule has 7 nitrogen and oxygen atoms in total. The van der Waals surface area contributed by atoms with Crippen LogP contribution in [0.3, 0.4) is 0 Å². The van der Waals surface area contributed by atoms with E-state index in [0.717, 1.165) is 51.5 Å². The fraction of sp³-hybridized carbons (Fsp3) is 0.364. The van der Waals surface area contributed by atoms with Gasteiger partial charge in [-0.05, 0) is 57.9 Å². The van der Waals surface area contributed by atoms with Gasteiger partial charge in [0.2, 0.25) is 11.0 Å². The van der Waals surface area contributed by atoms with E-state index in [9.17, 15) is 4.79 Å². The maximum Gasteiger partial charge on any atom is 0.230 e. The number of aromatic nitrogens is 5. The van der Waals surface area contributed by atoms with Crippen LogP contribution < -0.4 is 5.32 Å². The molecule has 0 atom stereocenters. The normalized spacial score (nSPS) is 11.4. The van der Waals surface area contributed by atoms with Crippen molar-refractivity contribution < 1.29 is 4.79 Å². The molecule has 1 aromatic carbocycles. The molecule has 0 aliphatic rings. The van der Waals surface area contributed by atoms with Crippen molar-refractivity contribution in [3.63, 3.8) is 0 Å². The zero-order chi connectivity index (χ0) is 21.4. The van der Waals surface area contributed by atoms with Crippen LogP contribution >= 0.6 is 11.3 Å². The third kappa shape index (κ3) is 4.14. The Bertz CT molecular complexity index is 1230. The quantitative estimate of drug-likeness (QED) is 0.488. The fourth-order valence-electron chi connectivity index (χ4n) is 3.90. The molecular formula is C22H26N6OS. The topological polar surface area (TPSA) is 88.5 Å². The lowest BCUT2D eigenvalue weighted by Crippen LogP contribution is -2.14. The third-order valence-corrected chi connectivity index (χ3v) is 6.16. The van der Waals surface area contributed by atoms with E-state index in [2.05, 4.69) is 57.6 Å². The van der Waals surface area contributed by atoms with Crippen molar-refractivity contribution in [3.8, 4) is 0 Å². The first-order chi connectivity index (χ1) is 14.3. The number of fused-ring (bicyclic) bond motifs is 1. The van der Waals surface area contributed by atoms with Crippen LogP contribution in [0.5, 0.6) is 0 Å². The van der Waals surface area contributed by atoms with E-state index >= 15 is 0 Å². The van der Waals surface area contributed by atoms with Gasteiger partial charge in [-0.15, -0.1) is 10.2 Å². The highest BCUT2D eigenvalue weighted by Gasteiger charge is 2.16. The van der Waals surface area contributed by atoms with Crippen molar-refractivity contribution in [2.75, 3.05) is 5.32 Å². The highest BCUT2D eigenvalue weighted by molar-refractivity contribution is 7.15. The molecule has 1 amide bonds. The Kier molecular flexibility index (Phi) is 5.42. The molecule has 0 fully saturated rings. The Labute approximate surface area is 179 Å². The number of nitrogens with zero attached hydrogens (tertiary/aromatic N) is 4. The van der Waals surface area contributed by atoms with Crippen molar-refractivity contribution in [3.05, 3.63) is 57.0 Å². The monoisotopic (exact) mass is 422 g/mol. The Balaban J connectivity index is 1.42. The van der Waals surface area contributed by atoms with Crippen LogP contribution in [-0.2, 0) is 24.2 Å². The summed E-state index contributed by atoms with van der Waals surface area (Å²) in [5, 5.41) is 18.3. The van der Waals surface area contributed by atoms with Gasteiger partial charge in [0.25, 0.3) is 0 Å². The predicted molar refractivity (Wildman–Crippen MR) is 120 cm³/mol. The standard InChI is InChI=1S/C22H26N6OS/c1-12-8-13(2)21-18(9-12)17(16(5)23-21)11-19(29)24-22-26-25-20(30-22)6-7-28-15(4)10-14(3)27-28/h8-10,23H,6-7,11H2,1-5H3,(H,24,26,29). The summed E-state index contributed by atoms with van der Waals surface area (Å²) in [6, 6.07) is 6.34. The summed E-state index contributed by atoms with van der Waals surface area (Å²) in [4.78, 5) is 16.1.